The highest BCUT2D eigenvalue weighted by Crippen LogP contribution is 2.35. The van der Waals surface area contributed by atoms with Crippen LogP contribution >= 0.6 is 0 Å². The van der Waals surface area contributed by atoms with Crippen LogP contribution in [0.2, 0.25) is 0 Å². The van der Waals surface area contributed by atoms with Crippen molar-refractivity contribution in [1.29, 1.82) is 0 Å². The van der Waals surface area contributed by atoms with E-state index >= 15 is 0 Å². The number of anilines is 1. The fourth-order valence-electron chi connectivity index (χ4n) is 2.37. The SMILES string of the molecule is CC(C)C(F)(CN)C1Cc2ccccc2N1. The highest BCUT2D eigenvalue weighted by atomic mass is 19.1. The zero-order valence-corrected chi connectivity index (χ0v) is 9.83. The minimum Gasteiger partial charge on any atom is -0.378 e. The van der Waals surface area contributed by atoms with Crippen LogP contribution in [0.25, 0.3) is 0 Å². The molecule has 0 amide bonds. The molecular weight excluding hydrogens is 203 g/mol. The third-order valence-electron chi connectivity index (χ3n) is 3.62. The van der Waals surface area contributed by atoms with Crippen molar-refractivity contribution in [3.63, 3.8) is 0 Å². The first-order chi connectivity index (χ1) is 7.58. The molecule has 2 nitrogen and oxygen atoms in total. The normalized spacial score (nSPS) is 22.7. The number of benzene rings is 1. The molecule has 1 heterocycles. The lowest BCUT2D eigenvalue weighted by molar-refractivity contribution is 0.0879. The third-order valence-corrected chi connectivity index (χ3v) is 3.62. The van der Waals surface area contributed by atoms with Gasteiger partial charge < -0.3 is 11.1 Å². The number of fused-ring (bicyclic) bond motifs is 1. The largest absolute Gasteiger partial charge is 0.378 e. The molecule has 2 unspecified atom stereocenters. The van der Waals surface area contributed by atoms with Crippen LogP contribution in [0.1, 0.15) is 19.4 Å². The number of hydrogen-bond donors (Lipinski definition) is 2. The predicted molar refractivity (Wildman–Crippen MR) is 65.3 cm³/mol. The highest BCUT2D eigenvalue weighted by Gasteiger charge is 2.43. The van der Waals surface area contributed by atoms with Crippen molar-refractivity contribution in [3.05, 3.63) is 29.8 Å². The Morgan fingerprint density at radius 2 is 2.19 bits per heavy atom. The van der Waals surface area contributed by atoms with Gasteiger partial charge in [-0.25, -0.2) is 4.39 Å². The Morgan fingerprint density at radius 3 is 2.75 bits per heavy atom. The van der Waals surface area contributed by atoms with E-state index in [9.17, 15) is 4.39 Å². The van der Waals surface area contributed by atoms with Gasteiger partial charge in [-0.3, -0.25) is 0 Å². The number of halogens is 1. The van der Waals surface area contributed by atoms with Crippen molar-refractivity contribution >= 4 is 5.69 Å². The van der Waals surface area contributed by atoms with E-state index in [0.717, 1.165) is 12.1 Å². The lowest BCUT2D eigenvalue weighted by Crippen LogP contribution is -2.51. The molecule has 3 N–H and O–H groups in total. The van der Waals surface area contributed by atoms with Crippen molar-refractivity contribution in [3.8, 4) is 0 Å². The molecule has 1 aliphatic heterocycles. The van der Waals surface area contributed by atoms with Gasteiger partial charge in [0, 0.05) is 12.2 Å². The van der Waals surface area contributed by atoms with E-state index in [1.54, 1.807) is 0 Å². The molecule has 2 rings (SSSR count). The summed E-state index contributed by atoms with van der Waals surface area (Å²) in [5.74, 6) is -0.0793. The first-order valence-electron chi connectivity index (χ1n) is 5.81. The molecule has 2 atom stereocenters. The zero-order chi connectivity index (χ0) is 11.8. The molecule has 16 heavy (non-hydrogen) atoms. The summed E-state index contributed by atoms with van der Waals surface area (Å²) in [6.45, 7) is 3.84. The minimum absolute atomic E-state index is 0.0658. The maximum atomic E-state index is 14.7. The fraction of sp³-hybridized carbons (Fsp3) is 0.538. The lowest BCUT2D eigenvalue weighted by Gasteiger charge is -2.34. The molecular formula is C13H19FN2. The molecule has 0 spiro atoms. The standard InChI is InChI=1S/C13H19FN2/c1-9(2)13(14,8-15)12-7-10-5-3-4-6-11(10)16-12/h3-6,9,12,16H,7-8,15H2,1-2H3. The molecule has 0 radical (unpaired) electrons. The summed E-state index contributed by atoms with van der Waals surface area (Å²) < 4.78 is 14.7. The van der Waals surface area contributed by atoms with Gasteiger partial charge in [-0.1, -0.05) is 32.0 Å². The van der Waals surface area contributed by atoms with Gasteiger partial charge in [0.05, 0.1) is 6.04 Å². The van der Waals surface area contributed by atoms with Gasteiger partial charge in [0.25, 0.3) is 0 Å². The first-order valence-corrected chi connectivity index (χ1v) is 5.81. The van der Waals surface area contributed by atoms with Crippen LogP contribution in [0.4, 0.5) is 10.1 Å². The fourth-order valence-corrected chi connectivity index (χ4v) is 2.37. The maximum absolute atomic E-state index is 14.7. The molecule has 1 aliphatic rings. The van der Waals surface area contributed by atoms with Crippen LogP contribution in [0, 0.1) is 5.92 Å². The number of alkyl halides is 1. The smallest absolute Gasteiger partial charge is 0.145 e. The summed E-state index contributed by atoms with van der Waals surface area (Å²) in [5.41, 5.74) is 6.50. The number of para-hydroxylation sites is 1. The van der Waals surface area contributed by atoms with E-state index in [0.29, 0.717) is 0 Å². The monoisotopic (exact) mass is 222 g/mol. The summed E-state index contributed by atoms with van der Waals surface area (Å²) >= 11 is 0. The van der Waals surface area contributed by atoms with E-state index in [1.165, 1.54) is 5.56 Å². The highest BCUT2D eigenvalue weighted by molar-refractivity contribution is 5.57. The molecule has 0 aliphatic carbocycles. The number of hydrogen-bond acceptors (Lipinski definition) is 2. The van der Waals surface area contributed by atoms with Crippen LogP contribution in [-0.2, 0) is 6.42 Å². The van der Waals surface area contributed by atoms with E-state index in [-0.39, 0.29) is 18.5 Å². The molecule has 1 aromatic rings. The van der Waals surface area contributed by atoms with E-state index in [1.807, 2.05) is 38.1 Å². The zero-order valence-electron chi connectivity index (χ0n) is 9.83. The van der Waals surface area contributed by atoms with Gasteiger partial charge in [0.1, 0.15) is 5.67 Å². The predicted octanol–water partition coefficient (Wildman–Crippen LogP) is 2.35. The van der Waals surface area contributed by atoms with Gasteiger partial charge >= 0.3 is 0 Å². The molecule has 3 heteroatoms. The second kappa shape index (κ2) is 4.06. The number of nitrogens with one attached hydrogen (secondary N) is 1. The lowest BCUT2D eigenvalue weighted by atomic mass is 9.83. The van der Waals surface area contributed by atoms with Gasteiger partial charge in [-0.15, -0.1) is 0 Å². The van der Waals surface area contributed by atoms with Gasteiger partial charge in [0.15, 0.2) is 0 Å². The quantitative estimate of drug-likeness (QED) is 0.824. The van der Waals surface area contributed by atoms with E-state index in [2.05, 4.69) is 5.32 Å². The maximum Gasteiger partial charge on any atom is 0.145 e. The second-order valence-electron chi connectivity index (χ2n) is 4.84. The Morgan fingerprint density at radius 1 is 1.50 bits per heavy atom. The average molecular weight is 222 g/mol. The molecule has 0 aromatic heterocycles. The molecule has 88 valence electrons. The average Bonchev–Trinajstić information content (AvgIpc) is 2.71. The Bertz CT molecular complexity index is 353. The summed E-state index contributed by atoms with van der Waals surface area (Å²) in [5, 5.41) is 3.25. The van der Waals surface area contributed by atoms with Gasteiger partial charge in [-0.05, 0) is 24.0 Å². The van der Waals surface area contributed by atoms with Gasteiger partial charge in [-0.2, -0.15) is 0 Å². The van der Waals surface area contributed by atoms with Crippen LogP contribution in [-0.4, -0.2) is 18.3 Å². The molecule has 0 saturated carbocycles. The van der Waals surface area contributed by atoms with Crippen LogP contribution in [0.5, 0.6) is 0 Å². The Balaban J connectivity index is 2.22. The third kappa shape index (κ3) is 1.69. The van der Waals surface area contributed by atoms with E-state index < -0.39 is 5.67 Å². The number of nitrogens with two attached hydrogens (primary N) is 1. The molecule has 1 aromatic carbocycles. The first kappa shape index (κ1) is 11.4. The number of rotatable bonds is 3. The van der Waals surface area contributed by atoms with Crippen molar-refractivity contribution < 1.29 is 4.39 Å². The summed E-state index contributed by atoms with van der Waals surface area (Å²) in [6, 6.07) is 7.79. The van der Waals surface area contributed by atoms with Crippen molar-refractivity contribution in [2.45, 2.75) is 32.0 Å². The Kier molecular flexibility index (Phi) is 2.89. The molecule has 0 bridgehead atoms. The van der Waals surface area contributed by atoms with Crippen molar-refractivity contribution in [2.24, 2.45) is 11.7 Å². The Hall–Kier alpha value is -1.09. The van der Waals surface area contributed by atoms with Crippen LogP contribution in [0.15, 0.2) is 24.3 Å². The van der Waals surface area contributed by atoms with Crippen LogP contribution in [0.3, 0.4) is 0 Å². The van der Waals surface area contributed by atoms with Crippen LogP contribution < -0.4 is 11.1 Å². The van der Waals surface area contributed by atoms with Gasteiger partial charge in [0.2, 0.25) is 0 Å². The van der Waals surface area contributed by atoms with Crippen molar-refractivity contribution in [1.82, 2.24) is 0 Å². The topological polar surface area (TPSA) is 38.0 Å². The Labute approximate surface area is 96.0 Å². The summed E-state index contributed by atoms with van der Waals surface area (Å²) in [6.07, 6.45) is 0.724. The molecule has 0 fully saturated rings. The summed E-state index contributed by atoms with van der Waals surface area (Å²) in [4.78, 5) is 0. The van der Waals surface area contributed by atoms with E-state index in [4.69, 9.17) is 5.73 Å². The molecule has 0 saturated heterocycles. The summed E-state index contributed by atoms with van der Waals surface area (Å²) in [7, 11) is 0. The minimum atomic E-state index is -1.33. The second-order valence-corrected chi connectivity index (χ2v) is 4.84. The van der Waals surface area contributed by atoms with Crippen molar-refractivity contribution in [2.75, 3.05) is 11.9 Å².